The highest BCUT2D eigenvalue weighted by Crippen LogP contribution is 2.34. The van der Waals surface area contributed by atoms with Crippen molar-refractivity contribution in [3.8, 4) is 0 Å². The molecule has 5 rings (SSSR count). The molecule has 0 saturated carbocycles. The van der Waals surface area contributed by atoms with Crippen LogP contribution in [0.4, 0.5) is 28.0 Å². The Morgan fingerprint density at radius 2 is 1.46 bits per heavy atom. The lowest BCUT2D eigenvalue weighted by atomic mass is 10.1. The predicted octanol–water partition coefficient (Wildman–Crippen LogP) is 6.11. The van der Waals surface area contributed by atoms with Crippen LogP contribution in [0.5, 0.6) is 0 Å². The monoisotopic (exact) mass is 695 g/mol. The Balaban J connectivity index is 1.59. The van der Waals surface area contributed by atoms with Crippen molar-refractivity contribution in [2.75, 3.05) is 31.1 Å². The first kappa shape index (κ1) is 36.4. The van der Waals surface area contributed by atoms with Gasteiger partial charge in [-0.05, 0) is 51.0 Å². The molecule has 2 heterocycles. The SMILES string of the molecule is Cc1c(N2CCN(Cc3ccccc3)CC2)c(=O)n(C[C@H](NC(=O)OC(C)(C)C)c2ccccc2)c(=O)n1Cc1c(F)cccc1C(F)(F)F. The first-order valence-corrected chi connectivity index (χ1v) is 16.4. The number of aromatic nitrogens is 2. The fourth-order valence-electron chi connectivity index (χ4n) is 6.16. The van der Waals surface area contributed by atoms with Crippen LogP contribution >= 0.6 is 0 Å². The molecule has 0 unspecified atom stereocenters. The third-order valence-corrected chi connectivity index (χ3v) is 8.59. The quantitative estimate of drug-likeness (QED) is 0.213. The summed E-state index contributed by atoms with van der Waals surface area (Å²) in [7, 11) is 0. The van der Waals surface area contributed by atoms with E-state index in [2.05, 4.69) is 10.2 Å². The van der Waals surface area contributed by atoms with E-state index in [0.717, 1.165) is 32.9 Å². The van der Waals surface area contributed by atoms with Crippen LogP contribution in [0.2, 0.25) is 0 Å². The van der Waals surface area contributed by atoms with Crippen LogP contribution in [0.25, 0.3) is 0 Å². The van der Waals surface area contributed by atoms with Gasteiger partial charge in [0.1, 0.15) is 17.1 Å². The summed E-state index contributed by atoms with van der Waals surface area (Å²) in [6.07, 6.45) is -5.68. The van der Waals surface area contributed by atoms with E-state index in [1.807, 2.05) is 35.2 Å². The molecule has 1 fully saturated rings. The molecule has 13 heteroatoms. The minimum Gasteiger partial charge on any atom is -0.444 e. The number of hydrogen-bond donors (Lipinski definition) is 1. The molecule has 1 aliphatic heterocycles. The van der Waals surface area contributed by atoms with Crippen molar-refractivity contribution >= 4 is 11.8 Å². The van der Waals surface area contributed by atoms with Crippen LogP contribution < -0.4 is 21.5 Å². The van der Waals surface area contributed by atoms with E-state index in [1.54, 1.807) is 51.1 Å². The molecule has 1 aliphatic rings. The minimum atomic E-state index is -4.89. The van der Waals surface area contributed by atoms with Crippen molar-refractivity contribution in [3.05, 3.63) is 133 Å². The summed E-state index contributed by atoms with van der Waals surface area (Å²) in [5, 5.41) is 2.74. The molecule has 1 saturated heterocycles. The zero-order valence-electron chi connectivity index (χ0n) is 28.5. The van der Waals surface area contributed by atoms with Crippen molar-refractivity contribution in [2.45, 2.75) is 65.1 Å². The van der Waals surface area contributed by atoms with Crippen LogP contribution in [-0.2, 0) is 30.5 Å². The maximum absolute atomic E-state index is 15.1. The molecule has 9 nitrogen and oxygen atoms in total. The van der Waals surface area contributed by atoms with Gasteiger partial charge in [0, 0.05) is 44.0 Å². The van der Waals surface area contributed by atoms with Crippen molar-refractivity contribution in [3.63, 3.8) is 0 Å². The van der Waals surface area contributed by atoms with Gasteiger partial charge in [0.25, 0.3) is 5.56 Å². The lowest BCUT2D eigenvalue weighted by Gasteiger charge is -2.37. The van der Waals surface area contributed by atoms with E-state index in [9.17, 15) is 27.6 Å². The van der Waals surface area contributed by atoms with Crippen LogP contribution in [0.1, 0.15) is 54.8 Å². The average molecular weight is 696 g/mol. The van der Waals surface area contributed by atoms with E-state index in [-0.39, 0.29) is 17.9 Å². The first-order valence-electron chi connectivity index (χ1n) is 16.4. The summed E-state index contributed by atoms with van der Waals surface area (Å²) >= 11 is 0. The predicted molar refractivity (Wildman–Crippen MR) is 183 cm³/mol. The Kier molecular flexibility index (Phi) is 10.8. The molecular weight excluding hydrogens is 654 g/mol. The van der Waals surface area contributed by atoms with E-state index in [0.29, 0.717) is 38.3 Å². The number of benzene rings is 3. The summed E-state index contributed by atoms with van der Waals surface area (Å²) in [6.45, 7) is 8.05. The molecule has 0 spiro atoms. The molecule has 1 N–H and O–H groups in total. The summed E-state index contributed by atoms with van der Waals surface area (Å²) in [6, 6.07) is 20.2. The number of ether oxygens (including phenoxy) is 1. The van der Waals surface area contributed by atoms with Gasteiger partial charge in [0.15, 0.2) is 0 Å². The molecule has 266 valence electrons. The Morgan fingerprint density at radius 3 is 2.06 bits per heavy atom. The van der Waals surface area contributed by atoms with Crippen LogP contribution in [0, 0.1) is 12.7 Å². The molecule has 50 heavy (non-hydrogen) atoms. The number of carbonyl (C=O) groups excluding carboxylic acids is 1. The lowest BCUT2D eigenvalue weighted by molar-refractivity contribution is -0.138. The molecule has 0 aliphatic carbocycles. The second kappa shape index (κ2) is 14.9. The average Bonchev–Trinajstić information content (AvgIpc) is 3.05. The molecule has 1 aromatic heterocycles. The largest absolute Gasteiger partial charge is 0.444 e. The molecule has 0 bridgehead atoms. The van der Waals surface area contributed by atoms with Gasteiger partial charge in [-0.2, -0.15) is 13.2 Å². The Bertz CT molecular complexity index is 1910. The van der Waals surface area contributed by atoms with Gasteiger partial charge < -0.3 is 15.0 Å². The minimum absolute atomic E-state index is 0.112. The highest BCUT2D eigenvalue weighted by molar-refractivity contribution is 5.68. The second-order valence-electron chi connectivity index (χ2n) is 13.3. The van der Waals surface area contributed by atoms with E-state index < -0.39 is 58.7 Å². The summed E-state index contributed by atoms with van der Waals surface area (Å²) in [5.74, 6) is -1.13. The van der Waals surface area contributed by atoms with E-state index >= 15 is 4.39 Å². The number of alkyl halides is 3. The Labute approximate surface area is 287 Å². The number of nitrogens with one attached hydrogen (secondary N) is 1. The lowest BCUT2D eigenvalue weighted by Crippen LogP contribution is -2.51. The van der Waals surface area contributed by atoms with Crippen molar-refractivity contribution in [1.82, 2.24) is 19.4 Å². The first-order chi connectivity index (χ1) is 23.6. The van der Waals surface area contributed by atoms with E-state index in [1.165, 1.54) is 6.92 Å². The zero-order valence-corrected chi connectivity index (χ0v) is 28.5. The summed E-state index contributed by atoms with van der Waals surface area (Å²) in [4.78, 5) is 45.6. The number of halogens is 4. The number of anilines is 1. The molecule has 1 amide bonds. The van der Waals surface area contributed by atoms with Gasteiger partial charge in [-0.1, -0.05) is 66.7 Å². The Morgan fingerprint density at radius 1 is 0.840 bits per heavy atom. The molecule has 4 aromatic rings. The smallest absolute Gasteiger partial charge is 0.416 e. The Hall–Kier alpha value is -4.91. The third-order valence-electron chi connectivity index (χ3n) is 8.59. The van der Waals surface area contributed by atoms with E-state index in [4.69, 9.17) is 4.74 Å². The third kappa shape index (κ3) is 8.62. The van der Waals surface area contributed by atoms with Crippen molar-refractivity contribution in [2.24, 2.45) is 0 Å². The maximum atomic E-state index is 15.1. The number of hydrogen-bond acceptors (Lipinski definition) is 6. The van der Waals surface area contributed by atoms with Gasteiger partial charge >= 0.3 is 18.0 Å². The highest BCUT2D eigenvalue weighted by atomic mass is 19.4. The summed E-state index contributed by atoms with van der Waals surface area (Å²) in [5.41, 5.74) is -2.47. The fraction of sp³-hybridized carbons (Fsp3) is 0.378. The molecule has 1 atom stereocenters. The van der Waals surface area contributed by atoms with Crippen LogP contribution in [0.15, 0.2) is 88.5 Å². The van der Waals surface area contributed by atoms with Gasteiger partial charge in [-0.25, -0.2) is 14.0 Å². The normalized spacial score (nSPS) is 14.8. The highest BCUT2D eigenvalue weighted by Gasteiger charge is 2.35. The van der Waals surface area contributed by atoms with Crippen LogP contribution in [0.3, 0.4) is 0 Å². The molecule has 3 aromatic carbocycles. The standard InChI is InChI=1S/C37H41F4N5O4/c1-25-32(44-20-18-43(19-21-44)22-26-12-7-5-8-13-26)33(47)46(24-31(27-14-9-6-10-15-27)42-34(48)50-36(2,3)4)35(49)45(25)23-28-29(37(39,40)41)16-11-17-30(28)38/h5-17,31H,18-24H2,1-4H3,(H,42,48)/t31-/m0/s1. The number of carbonyl (C=O) groups is 1. The zero-order chi connectivity index (χ0) is 36.2. The van der Waals surface area contributed by atoms with Crippen molar-refractivity contribution in [1.29, 1.82) is 0 Å². The molecule has 0 radical (unpaired) electrons. The number of amides is 1. The topological polar surface area (TPSA) is 88.8 Å². The van der Waals surface area contributed by atoms with Gasteiger partial charge in [0.2, 0.25) is 0 Å². The van der Waals surface area contributed by atoms with Crippen LogP contribution in [-0.4, -0.2) is 51.9 Å². The second-order valence-corrected chi connectivity index (χ2v) is 13.3. The summed E-state index contributed by atoms with van der Waals surface area (Å²) < 4.78 is 64.7. The number of piperazine rings is 1. The van der Waals surface area contributed by atoms with Gasteiger partial charge in [-0.15, -0.1) is 0 Å². The molecular formula is C37H41F4N5O4. The maximum Gasteiger partial charge on any atom is 0.416 e. The van der Waals surface area contributed by atoms with Gasteiger partial charge in [-0.3, -0.25) is 18.8 Å². The number of alkyl carbamates (subject to hydrolysis) is 1. The van der Waals surface area contributed by atoms with Gasteiger partial charge in [0.05, 0.1) is 24.7 Å². The number of nitrogens with zero attached hydrogens (tertiary/aromatic N) is 4. The fourth-order valence-corrected chi connectivity index (χ4v) is 6.16. The number of rotatable bonds is 9. The van der Waals surface area contributed by atoms with Crippen molar-refractivity contribution < 1.29 is 27.1 Å².